The van der Waals surface area contributed by atoms with Gasteiger partial charge in [0.1, 0.15) is 15.7 Å². The molecule has 3 heterocycles. The highest BCUT2D eigenvalue weighted by atomic mass is 35.5. The van der Waals surface area contributed by atoms with Gasteiger partial charge in [-0.05, 0) is 35.7 Å². The molecule has 2 aliphatic heterocycles. The van der Waals surface area contributed by atoms with Gasteiger partial charge in [0, 0.05) is 37.5 Å². The second-order valence-corrected chi connectivity index (χ2v) is 10.4. The van der Waals surface area contributed by atoms with Crippen molar-refractivity contribution in [2.24, 2.45) is 0 Å². The van der Waals surface area contributed by atoms with Crippen LogP contribution in [-0.4, -0.2) is 62.1 Å². The van der Waals surface area contributed by atoms with Crippen LogP contribution in [0.25, 0.3) is 0 Å². The molecule has 29 heavy (non-hydrogen) atoms. The molecule has 0 atom stereocenters. The van der Waals surface area contributed by atoms with E-state index in [1.807, 2.05) is 0 Å². The third-order valence-electron chi connectivity index (χ3n) is 5.23. The van der Waals surface area contributed by atoms with Gasteiger partial charge in [-0.1, -0.05) is 17.7 Å². The Labute approximate surface area is 178 Å². The highest BCUT2D eigenvalue weighted by molar-refractivity contribution is 7.91. The molecule has 4 rings (SSSR count). The van der Waals surface area contributed by atoms with Gasteiger partial charge in [0.2, 0.25) is 0 Å². The minimum Gasteiger partial charge on any atom is -0.484 e. The minimum atomic E-state index is -3.60. The van der Waals surface area contributed by atoms with Crippen molar-refractivity contribution in [1.82, 2.24) is 9.21 Å². The molecular weight excluding hydrogens is 436 g/mol. The second-order valence-electron chi connectivity index (χ2n) is 6.93. The van der Waals surface area contributed by atoms with Crippen molar-refractivity contribution in [3.63, 3.8) is 0 Å². The first-order valence-electron chi connectivity index (χ1n) is 9.27. The monoisotopic (exact) mass is 456 g/mol. The lowest BCUT2D eigenvalue weighted by atomic mass is 10.0. The number of halogens is 1. The van der Waals surface area contributed by atoms with E-state index in [9.17, 15) is 13.2 Å². The molecule has 2 aromatic rings. The molecule has 0 N–H and O–H groups in total. The van der Waals surface area contributed by atoms with Gasteiger partial charge in [-0.15, -0.1) is 11.3 Å². The van der Waals surface area contributed by atoms with E-state index in [-0.39, 0.29) is 12.5 Å². The van der Waals surface area contributed by atoms with Crippen LogP contribution in [0.3, 0.4) is 0 Å². The van der Waals surface area contributed by atoms with Gasteiger partial charge in [0.25, 0.3) is 15.9 Å². The van der Waals surface area contributed by atoms with E-state index < -0.39 is 15.7 Å². The lowest BCUT2D eigenvalue weighted by molar-refractivity contribution is -0.142. The number of piperidine rings is 1. The molecule has 2 saturated heterocycles. The predicted octanol–water partition coefficient (Wildman–Crippen LogP) is 2.82. The van der Waals surface area contributed by atoms with Crippen LogP contribution in [0.5, 0.6) is 5.75 Å². The number of carbonyl (C=O) groups is 1. The van der Waals surface area contributed by atoms with Crippen LogP contribution in [0.15, 0.2) is 46.0 Å². The van der Waals surface area contributed by atoms with E-state index in [1.54, 1.807) is 46.7 Å². The largest absolute Gasteiger partial charge is 0.484 e. The summed E-state index contributed by atoms with van der Waals surface area (Å²) < 4.78 is 39.3. The molecule has 0 unspecified atom stereocenters. The van der Waals surface area contributed by atoms with Gasteiger partial charge in [0.15, 0.2) is 6.61 Å². The van der Waals surface area contributed by atoms with Crippen LogP contribution >= 0.6 is 22.9 Å². The summed E-state index contributed by atoms with van der Waals surface area (Å²) in [6.07, 6.45) is 0.870. The number of amides is 1. The van der Waals surface area contributed by atoms with Crippen molar-refractivity contribution in [2.75, 3.05) is 32.8 Å². The smallest absolute Gasteiger partial charge is 0.260 e. The Kier molecular flexibility index (Phi) is 5.85. The molecular formula is C19H21ClN2O5S2. The van der Waals surface area contributed by atoms with Crippen molar-refractivity contribution in [3.8, 4) is 5.75 Å². The highest BCUT2D eigenvalue weighted by Gasteiger charge is 2.51. The molecule has 0 radical (unpaired) electrons. The van der Waals surface area contributed by atoms with E-state index >= 15 is 0 Å². The van der Waals surface area contributed by atoms with Crippen molar-refractivity contribution in [1.29, 1.82) is 0 Å². The van der Waals surface area contributed by atoms with Gasteiger partial charge in [0.05, 0.1) is 6.61 Å². The number of hydrogen-bond acceptors (Lipinski definition) is 6. The van der Waals surface area contributed by atoms with Crippen molar-refractivity contribution in [2.45, 2.75) is 22.8 Å². The summed E-state index contributed by atoms with van der Waals surface area (Å²) in [5.41, 5.74) is -0.878. The average molecular weight is 457 g/mol. The van der Waals surface area contributed by atoms with Crippen LogP contribution in [0.1, 0.15) is 12.8 Å². The zero-order valence-corrected chi connectivity index (χ0v) is 18.0. The van der Waals surface area contributed by atoms with Crippen molar-refractivity contribution < 1.29 is 22.7 Å². The molecule has 0 saturated carbocycles. The quantitative estimate of drug-likeness (QED) is 0.691. The Bertz CT molecular complexity index is 955. The summed E-state index contributed by atoms with van der Waals surface area (Å²) in [4.78, 5) is 14.2. The van der Waals surface area contributed by atoms with E-state index in [4.69, 9.17) is 21.1 Å². The number of ether oxygens (including phenoxy) is 2. The molecule has 1 amide bonds. The predicted molar refractivity (Wildman–Crippen MR) is 110 cm³/mol. The third-order valence-corrected chi connectivity index (χ3v) is 8.81. The maximum Gasteiger partial charge on any atom is 0.260 e. The molecule has 2 aliphatic rings. The maximum absolute atomic E-state index is 13.0. The van der Waals surface area contributed by atoms with Crippen molar-refractivity contribution in [3.05, 3.63) is 46.8 Å². The van der Waals surface area contributed by atoms with E-state index in [0.29, 0.717) is 54.1 Å². The molecule has 7 nitrogen and oxygen atoms in total. The third kappa shape index (κ3) is 4.15. The fourth-order valence-corrected chi connectivity index (χ4v) is 6.67. The fourth-order valence-electron chi connectivity index (χ4n) is 3.72. The van der Waals surface area contributed by atoms with Crippen LogP contribution in [0.2, 0.25) is 5.02 Å². The molecule has 10 heteroatoms. The number of sulfonamides is 1. The zero-order chi connectivity index (χ0) is 20.5. The summed E-state index contributed by atoms with van der Waals surface area (Å²) in [7, 11) is -3.60. The molecule has 1 aromatic carbocycles. The molecule has 156 valence electrons. The maximum atomic E-state index is 13.0. The SMILES string of the molecule is O=C(COc1ccc(Cl)cc1)N1CCC2(CC1)OCCN2S(=O)(=O)c1cccs1. The first-order valence-corrected chi connectivity index (χ1v) is 12.0. The Morgan fingerprint density at radius 1 is 1.17 bits per heavy atom. The summed E-state index contributed by atoms with van der Waals surface area (Å²) >= 11 is 7.04. The fraction of sp³-hybridized carbons (Fsp3) is 0.421. The van der Waals surface area contributed by atoms with Crippen LogP contribution in [0, 0.1) is 0 Å². The van der Waals surface area contributed by atoms with Crippen LogP contribution in [-0.2, 0) is 19.6 Å². The summed E-state index contributed by atoms with van der Waals surface area (Å²) in [6, 6.07) is 10.2. The Morgan fingerprint density at radius 2 is 1.90 bits per heavy atom. The number of benzene rings is 1. The lowest BCUT2D eigenvalue weighted by Crippen LogP contribution is -2.56. The van der Waals surface area contributed by atoms with Gasteiger partial charge < -0.3 is 14.4 Å². The van der Waals surface area contributed by atoms with E-state index in [0.717, 1.165) is 0 Å². The standard InChI is InChI=1S/C19H21ClN2O5S2/c20-15-3-5-16(6-4-15)26-14-17(23)21-9-7-19(8-10-21)22(11-12-27-19)29(24,25)18-2-1-13-28-18/h1-6,13H,7-12,14H2. The summed E-state index contributed by atoms with van der Waals surface area (Å²) in [5.74, 6) is 0.434. The lowest BCUT2D eigenvalue weighted by Gasteiger charge is -2.42. The van der Waals surface area contributed by atoms with E-state index in [2.05, 4.69) is 0 Å². The first kappa shape index (κ1) is 20.6. The Hall–Kier alpha value is -1.65. The number of hydrogen-bond donors (Lipinski definition) is 0. The second kappa shape index (κ2) is 8.23. The molecule has 1 aromatic heterocycles. The van der Waals surface area contributed by atoms with Gasteiger partial charge in [-0.25, -0.2) is 8.42 Å². The first-order chi connectivity index (χ1) is 13.9. The zero-order valence-electron chi connectivity index (χ0n) is 15.6. The topological polar surface area (TPSA) is 76.2 Å². The highest BCUT2D eigenvalue weighted by Crippen LogP contribution is 2.39. The van der Waals surface area contributed by atoms with E-state index in [1.165, 1.54) is 15.6 Å². The molecule has 2 fully saturated rings. The molecule has 0 aliphatic carbocycles. The number of rotatable bonds is 5. The van der Waals surface area contributed by atoms with Gasteiger partial charge in [-0.2, -0.15) is 4.31 Å². The number of thiophene rings is 1. The average Bonchev–Trinajstić information content (AvgIpc) is 3.39. The van der Waals surface area contributed by atoms with Gasteiger partial charge >= 0.3 is 0 Å². The number of nitrogens with zero attached hydrogens (tertiary/aromatic N) is 2. The normalized spacial score (nSPS) is 19.6. The van der Waals surface area contributed by atoms with Crippen molar-refractivity contribution >= 4 is 38.9 Å². The van der Waals surface area contributed by atoms with Crippen LogP contribution in [0.4, 0.5) is 0 Å². The number of carbonyl (C=O) groups excluding carboxylic acids is 1. The summed E-state index contributed by atoms with van der Waals surface area (Å²) in [6.45, 7) is 1.44. The molecule has 1 spiro atoms. The Balaban J connectivity index is 1.38. The molecule has 0 bridgehead atoms. The minimum absolute atomic E-state index is 0.0767. The summed E-state index contributed by atoms with van der Waals surface area (Å²) in [5, 5.41) is 2.35. The van der Waals surface area contributed by atoms with Gasteiger partial charge in [-0.3, -0.25) is 4.79 Å². The number of likely N-dealkylation sites (tertiary alicyclic amines) is 1. The Morgan fingerprint density at radius 3 is 2.55 bits per heavy atom. The van der Waals surface area contributed by atoms with Crippen LogP contribution < -0.4 is 4.74 Å².